The highest BCUT2D eigenvalue weighted by atomic mass is 127. The molecule has 15 heavy (non-hydrogen) atoms. The van der Waals surface area contributed by atoms with Crippen LogP contribution >= 0.6 is 45.7 Å². The minimum atomic E-state index is 0.791. The fraction of sp³-hybridized carbons (Fsp3) is 0.111. The molecule has 0 amide bonds. The Hall–Kier alpha value is -0.340. The number of anilines is 1. The van der Waals surface area contributed by atoms with Gasteiger partial charge in [0.2, 0.25) is 0 Å². The van der Waals surface area contributed by atoms with E-state index in [4.69, 9.17) is 5.73 Å². The smallest absolute Gasteiger partial charge is 0.179 e. The lowest BCUT2D eigenvalue weighted by Gasteiger charge is -2.02. The van der Waals surface area contributed by atoms with Crippen molar-refractivity contribution in [3.63, 3.8) is 0 Å². The third kappa shape index (κ3) is 2.82. The summed E-state index contributed by atoms with van der Waals surface area (Å²) in [7, 11) is 0. The Balaban J connectivity index is 2.24. The Labute approximate surface area is 110 Å². The second kappa shape index (κ2) is 4.67. The quantitative estimate of drug-likeness (QED) is 0.668. The van der Waals surface area contributed by atoms with E-state index < -0.39 is 0 Å². The van der Waals surface area contributed by atoms with Crippen LogP contribution in [0.1, 0.15) is 5.01 Å². The van der Waals surface area contributed by atoms with Crippen molar-refractivity contribution in [3.05, 3.63) is 26.8 Å². The van der Waals surface area contributed by atoms with Gasteiger partial charge in [0.1, 0.15) is 5.01 Å². The highest BCUT2D eigenvalue weighted by Crippen LogP contribution is 2.34. The monoisotopic (exact) mass is 349 g/mol. The van der Waals surface area contributed by atoms with Gasteiger partial charge in [0.25, 0.3) is 0 Å². The van der Waals surface area contributed by atoms with Gasteiger partial charge in [-0.25, -0.2) is 0 Å². The third-order valence-corrected chi connectivity index (χ3v) is 4.33. The SMILES string of the molecule is Cc1nnc(Sc2ccc(I)cc2N)s1. The largest absolute Gasteiger partial charge is 0.398 e. The van der Waals surface area contributed by atoms with E-state index in [2.05, 4.69) is 32.8 Å². The average Bonchev–Trinajstić information content (AvgIpc) is 2.56. The molecule has 0 radical (unpaired) electrons. The molecule has 2 N–H and O–H groups in total. The second-order valence-electron chi connectivity index (χ2n) is 2.87. The van der Waals surface area contributed by atoms with Crippen LogP contribution in [0.15, 0.2) is 27.4 Å². The topological polar surface area (TPSA) is 51.8 Å². The van der Waals surface area contributed by atoms with Crippen molar-refractivity contribution in [2.24, 2.45) is 0 Å². The van der Waals surface area contributed by atoms with Gasteiger partial charge in [-0.2, -0.15) is 0 Å². The van der Waals surface area contributed by atoms with Crippen LogP contribution in [0.5, 0.6) is 0 Å². The van der Waals surface area contributed by atoms with Crippen molar-refractivity contribution in [2.75, 3.05) is 5.73 Å². The molecular weight excluding hydrogens is 341 g/mol. The molecule has 1 aromatic carbocycles. The summed E-state index contributed by atoms with van der Waals surface area (Å²) in [5, 5.41) is 8.99. The first-order valence-electron chi connectivity index (χ1n) is 4.18. The zero-order chi connectivity index (χ0) is 10.8. The van der Waals surface area contributed by atoms with Crippen LogP contribution in [0.4, 0.5) is 5.69 Å². The summed E-state index contributed by atoms with van der Waals surface area (Å²) in [6, 6.07) is 6.00. The van der Waals surface area contributed by atoms with Crippen LogP contribution in [-0.2, 0) is 0 Å². The van der Waals surface area contributed by atoms with Gasteiger partial charge in [-0.15, -0.1) is 10.2 Å². The van der Waals surface area contributed by atoms with Gasteiger partial charge in [0.15, 0.2) is 4.34 Å². The van der Waals surface area contributed by atoms with E-state index in [-0.39, 0.29) is 0 Å². The number of benzene rings is 1. The van der Waals surface area contributed by atoms with Crippen molar-refractivity contribution in [3.8, 4) is 0 Å². The number of rotatable bonds is 2. The summed E-state index contributed by atoms with van der Waals surface area (Å²) < 4.78 is 2.07. The van der Waals surface area contributed by atoms with Crippen LogP contribution < -0.4 is 5.73 Å². The van der Waals surface area contributed by atoms with Crippen LogP contribution in [0.2, 0.25) is 0 Å². The van der Waals surface area contributed by atoms with Crippen molar-refractivity contribution in [1.82, 2.24) is 10.2 Å². The maximum Gasteiger partial charge on any atom is 0.179 e. The molecule has 3 nitrogen and oxygen atoms in total. The lowest BCUT2D eigenvalue weighted by atomic mass is 10.3. The van der Waals surface area contributed by atoms with Crippen molar-refractivity contribution in [1.29, 1.82) is 0 Å². The number of aryl methyl sites for hydroxylation is 1. The lowest BCUT2D eigenvalue weighted by molar-refractivity contribution is 0.984. The fourth-order valence-electron chi connectivity index (χ4n) is 1.03. The summed E-state index contributed by atoms with van der Waals surface area (Å²) in [4.78, 5) is 1.03. The Morgan fingerprint density at radius 2 is 2.20 bits per heavy atom. The molecule has 1 heterocycles. The molecular formula is C9H8IN3S2. The molecule has 0 fully saturated rings. The zero-order valence-corrected chi connectivity index (χ0v) is 11.7. The van der Waals surface area contributed by atoms with Crippen molar-refractivity contribution < 1.29 is 0 Å². The number of hydrogen-bond acceptors (Lipinski definition) is 5. The molecule has 1 aromatic heterocycles. The van der Waals surface area contributed by atoms with Crippen molar-refractivity contribution >= 4 is 51.4 Å². The number of halogens is 1. The first-order chi connectivity index (χ1) is 7.15. The number of nitrogens with two attached hydrogens (primary N) is 1. The summed E-state index contributed by atoms with van der Waals surface area (Å²) in [6.45, 7) is 1.94. The maximum absolute atomic E-state index is 5.91. The van der Waals surface area contributed by atoms with E-state index in [1.165, 1.54) is 0 Å². The van der Waals surface area contributed by atoms with Crippen LogP contribution in [0, 0.1) is 10.5 Å². The Morgan fingerprint density at radius 3 is 2.80 bits per heavy atom. The fourth-order valence-corrected chi connectivity index (χ4v) is 3.34. The second-order valence-corrected chi connectivity index (χ2v) is 6.59. The summed E-state index contributed by atoms with van der Waals surface area (Å²) >= 11 is 5.38. The predicted octanol–water partition coefficient (Wildman–Crippen LogP) is 3.18. The Bertz CT molecular complexity index is 484. The van der Waals surface area contributed by atoms with Crippen molar-refractivity contribution in [2.45, 2.75) is 16.2 Å². The van der Waals surface area contributed by atoms with E-state index in [9.17, 15) is 0 Å². The first-order valence-corrected chi connectivity index (χ1v) is 6.89. The lowest BCUT2D eigenvalue weighted by Crippen LogP contribution is -1.88. The number of hydrogen-bond donors (Lipinski definition) is 1. The average molecular weight is 349 g/mol. The molecule has 2 aromatic rings. The van der Waals surface area contributed by atoms with E-state index in [1.807, 2.05) is 25.1 Å². The number of nitrogens with zero attached hydrogens (tertiary/aromatic N) is 2. The van der Waals surface area contributed by atoms with Crippen LogP contribution in [-0.4, -0.2) is 10.2 Å². The van der Waals surface area contributed by atoms with E-state index in [0.717, 1.165) is 23.5 Å². The van der Waals surface area contributed by atoms with E-state index >= 15 is 0 Å². The van der Waals surface area contributed by atoms with Gasteiger partial charge in [-0.05, 0) is 47.7 Å². The zero-order valence-electron chi connectivity index (χ0n) is 7.90. The minimum Gasteiger partial charge on any atom is -0.398 e. The Kier molecular flexibility index (Phi) is 3.47. The highest BCUT2D eigenvalue weighted by molar-refractivity contribution is 14.1. The standard InChI is InChI=1S/C9H8IN3S2/c1-5-12-13-9(14-5)15-8-3-2-6(10)4-7(8)11/h2-4H,11H2,1H3. The van der Waals surface area contributed by atoms with Crippen LogP contribution in [0.25, 0.3) is 0 Å². The van der Waals surface area contributed by atoms with Gasteiger partial charge in [0, 0.05) is 14.2 Å². The normalized spacial score (nSPS) is 10.5. The van der Waals surface area contributed by atoms with Gasteiger partial charge in [-0.1, -0.05) is 23.1 Å². The molecule has 0 aliphatic heterocycles. The highest BCUT2D eigenvalue weighted by Gasteiger charge is 2.06. The molecule has 2 rings (SSSR count). The molecule has 0 spiro atoms. The number of aromatic nitrogens is 2. The third-order valence-electron chi connectivity index (χ3n) is 1.68. The molecule has 0 unspecified atom stereocenters. The molecule has 6 heteroatoms. The molecule has 0 aliphatic rings. The van der Waals surface area contributed by atoms with Gasteiger partial charge >= 0.3 is 0 Å². The molecule has 0 saturated carbocycles. The maximum atomic E-state index is 5.91. The minimum absolute atomic E-state index is 0.791. The van der Waals surface area contributed by atoms with E-state index in [1.54, 1.807) is 23.1 Å². The number of nitrogen functional groups attached to an aromatic ring is 1. The van der Waals surface area contributed by atoms with Gasteiger partial charge in [-0.3, -0.25) is 0 Å². The summed E-state index contributed by atoms with van der Waals surface area (Å²) in [5.74, 6) is 0. The molecule has 0 bridgehead atoms. The molecule has 0 atom stereocenters. The molecule has 0 saturated heterocycles. The van der Waals surface area contributed by atoms with E-state index in [0.29, 0.717) is 0 Å². The van der Waals surface area contributed by atoms with Gasteiger partial charge < -0.3 is 5.73 Å². The first kappa shape index (κ1) is 11.2. The van der Waals surface area contributed by atoms with Crippen LogP contribution in [0.3, 0.4) is 0 Å². The summed E-state index contributed by atoms with van der Waals surface area (Å²) in [5.41, 5.74) is 6.70. The Morgan fingerprint density at radius 1 is 1.40 bits per heavy atom. The predicted molar refractivity (Wildman–Crippen MR) is 72.3 cm³/mol. The summed E-state index contributed by atoms with van der Waals surface area (Å²) in [6.07, 6.45) is 0. The molecule has 0 aliphatic carbocycles. The van der Waals surface area contributed by atoms with Gasteiger partial charge in [0.05, 0.1) is 0 Å². The molecule has 78 valence electrons.